The highest BCUT2D eigenvalue weighted by Gasteiger charge is 2.10. The molecule has 0 fully saturated rings. The number of anilines is 1. The molecule has 6 heteroatoms. The molecule has 0 spiro atoms. The molecular formula is C18H17N5S. The van der Waals surface area contributed by atoms with E-state index >= 15 is 0 Å². The lowest BCUT2D eigenvalue weighted by Gasteiger charge is -2.14. The number of para-hydroxylation sites is 2. The maximum atomic E-state index is 6.06. The minimum Gasteiger partial charge on any atom is -0.383 e. The molecule has 0 radical (unpaired) electrons. The summed E-state index contributed by atoms with van der Waals surface area (Å²) in [6, 6.07) is 16.0. The van der Waals surface area contributed by atoms with Crippen LogP contribution in [0.2, 0.25) is 0 Å². The van der Waals surface area contributed by atoms with E-state index in [0.717, 1.165) is 33.8 Å². The van der Waals surface area contributed by atoms with Gasteiger partial charge in [-0.25, -0.2) is 15.0 Å². The normalized spacial score (nSPS) is 11.6. The molecule has 0 atom stereocenters. The summed E-state index contributed by atoms with van der Waals surface area (Å²) in [5.74, 6) is 1.26. The molecule has 2 heterocycles. The first-order chi connectivity index (χ1) is 11.7. The van der Waals surface area contributed by atoms with Crippen molar-refractivity contribution in [3.05, 3.63) is 59.4 Å². The van der Waals surface area contributed by atoms with Crippen molar-refractivity contribution in [3.8, 4) is 0 Å². The van der Waals surface area contributed by atoms with Gasteiger partial charge in [0.05, 0.1) is 28.8 Å². The van der Waals surface area contributed by atoms with Gasteiger partial charge in [0.2, 0.25) is 0 Å². The third kappa shape index (κ3) is 2.93. The summed E-state index contributed by atoms with van der Waals surface area (Å²) in [5, 5.41) is 1.99. The Morgan fingerprint density at radius 1 is 0.917 bits per heavy atom. The van der Waals surface area contributed by atoms with Crippen LogP contribution in [0.3, 0.4) is 0 Å². The fourth-order valence-corrected chi connectivity index (χ4v) is 3.79. The third-order valence-corrected chi connectivity index (χ3v) is 4.85. The molecule has 0 aliphatic heterocycles. The van der Waals surface area contributed by atoms with Crippen molar-refractivity contribution in [3.63, 3.8) is 0 Å². The number of benzene rings is 2. The Hall–Kier alpha value is -2.57. The fraction of sp³-hybridized carbons (Fsp3) is 0.167. The highest BCUT2D eigenvalue weighted by Crippen LogP contribution is 2.23. The van der Waals surface area contributed by atoms with Crippen LogP contribution >= 0.6 is 11.3 Å². The molecule has 0 aliphatic carbocycles. The van der Waals surface area contributed by atoms with Crippen LogP contribution in [0.25, 0.3) is 21.1 Å². The second kappa shape index (κ2) is 6.14. The topological polar surface area (TPSA) is 67.9 Å². The minimum absolute atomic E-state index is 0.531. The maximum absolute atomic E-state index is 6.06. The first-order valence-corrected chi connectivity index (χ1v) is 8.55. The summed E-state index contributed by atoms with van der Waals surface area (Å²) in [4.78, 5) is 15.9. The van der Waals surface area contributed by atoms with E-state index in [1.54, 1.807) is 11.3 Å². The Morgan fingerprint density at radius 2 is 1.67 bits per heavy atom. The molecule has 0 bridgehead atoms. The molecule has 4 aromatic rings. The number of nitrogens with two attached hydrogens (primary N) is 1. The smallest absolute Gasteiger partial charge is 0.145 e. The van der Waals surface area contributed by atoms with E-state index < -0.39 is 0 Å². The van der Waals surface area contributed by atoms with Gasteiger partial charge in [-0.05, 0) is 31.3 Å². The highest BCUT2D eigenvalue weighted by atomic mass is 32.1. The first-order valence-electron chi connectivity index (χ1n) is 7.73. The first kappa shape index (κ1) is 15.0. The van der Waals surface area contributed by atoms with Crippen molar-refractivity contribution in [2.45, 2.75) is 13.1 Å². The molecule has 0 saturated heterocycles. The zero-order chi connectivity index (χ0) is 16.5. The van der Waals surface area contributed by atoms with Gasteiger partial charge in [-0.1, -0.05) is 24.3 Å². The van der Waals surface area contributed by atoms with Crippen LogP contribution in [0.1, 0.15) is 10.8 Å². The van der Waals surface area contributed by atoms with Gasteiger partial charge in [0.15, 0.2) is 0 Å². The monoisotopic (exact) mass is 335 g/mol. The summed E-state index contributed by atoms with van der Waals surface area (Å²) in [7, 11) is 2.04. The molecule has 5 nitrogen and oxygen atoms in total. The Morgan fingerprint density at radius 3 is 2.50 bits per heavy atom. The molecule has 0 unspecified atom stereocenters. The van der Waals surface area contributed by atoms with Crippen LogP contribution in [0.15, 0.2) is 48.5 Å². The van der Waals surface area contributed by atoms with E-state index in [1.165, 1.54) is 4.70 Å². The van der Waals surface area contributed by atoms with Crippen molar-refractivity contribution in [1.82, 2.24) is 19.9 Å². The number of nitrogen functional groups attached to an aromatic ring is 1. The van der Waals surface area contributed by atoms with E-state index in [-0.39, 0.29) is 0 Å². The number of nitrogens with zero attached hydrogens (tertiary/aromatic N) is 4. The molecule has 2 aromatic heterocycles. The summed E-state index contributed by atoms with van der Waals surface area (Å²) < 4.78 is 1.21. The lowest BCUT2D eigenvalue weighted by molar-refractivity contribution is 0.311. The molecule has 4 rings (SSSR count). The Bertz CT molecular complexity index is 978. The lowest BCUT2D eigenvalue weighted by Crippen LogP contribution is -2.19. The predicted octanol–water partition coefficient (Wildman–Crippen LogP) is 3.45. The lowest BCUT2D eigenvalue weighted by atomic mass is 10.2. The molecule has 2 aromatic carbocycles. The molecule has 24 heavy (non-hydrogen) atoms. The van der Waals surface area contributed by atoms with E-state index in [1.807, 2.05) is 49.5 Å². The van der Waals surface area contributed by atoms with E-state index in [9.17, 15) is 0 Å². The van der Waals surface area contributed by atoms with Gasteiger partial charge in [0, 0.05) is 5.39 Å². The Balaban J connectivity index is 1.54. The van der Waals surface area contributed by atoms with E-state index in [2.05, 4.69) is 25.9 Å². The van der Waals surface area contributed by atoms with Gasteiger partial charge < -0.3 is 5.73 Å². The molecule has 0 saturated carbocycles. The number of hydrogen-bond donors (Lipinski definition) is 1. The minimum atomic E-state index is 0.531. The van der Waals surface area contributed by atoms with E-state index in [4.69, 9.17) is 5.73 Å². The van der Waals surface area contributed by atoms with Gasteiger partial charge in [0.1, 0.15) is 16.6 Å². The number of hydrogen-bond acceptors (Lipinski definition) is 6. The zero-order valence-electron chi connectivity index (χ0n) is 13.3. The number of thiazole rings is 1. The Labute approximate surface area is 143 Å². The third-order valence-electron chi connectivity index (χ3n) is 3.83. The largest absolute Gasteiger partial charge is 0.383 e. The van der Waals surface area contributed by atoms with Crippen molar-refractivity contribution < 1.29 is 0 Å². The number of fused-ring (bicyclic) bond motifs is 2. The molecule has 120 valence electrons. The van der Waals surface area contributed by atoms with Crippen LogP contribution in [-0.4, -0.2) is 26.9 Å². The maximum Gasteiger partial charge on any atom is 0.145 e. The summed E-state index contributed by atoms with van der Waals surface area (Å²) in [5.41, 5.74) is 7.99. The quantitative estimate of drug-likeness (QED) is 0.618. The molecule has 0 aliphatic rings. The second-order valence-electron chi connectivity index (χ2n) is 5.79. The van der Waals surface area contributed by atoms with Gasteiger partial charge in [-0.3, -0.25) is 4.90 Å². The van der Waals surface area contributed by atoms with Gasteiger partial charge in [-0.2, -0.15) is 0 Å². The van der Waals surface area contributed by atoms with Gasteiger partial charge in [0.25, 0.3) is 0 Å². The van der Waals surface area contributed by atoms with Crippen molar-refractivity contribution >= 4 is 38.3 Å². The van der Waals surface area contributed by atoms with Gasteiger partial charge >= 0.3 is 0 Å². The number of rotatable bonds is 4. The van der Waals surface area contributed by atoms with Crippen LogP contribution in [0.5, 0.6) is 0 Å². The summed E-state index contributed by atoms with van der Waals surface area (Å²) in [6.07, 6.45) is 0. The van der Waals surface area contributed by atoms with Gasteiger partial charge in [-0.15, -0.1) is 11.3 Å². The van der Waals surface area contributed by atoms with Crippen molar-refractivity contribution in [2.75, 3.05) is 12.8 Å². The molecule has 2 N–H and O–H groups in total. The standard InChI is InChI=1S/C18H17N5S/c1-23(11-17-21-14-8-4-5-9-15(14)24-17)10-16-20-13-7-3-2-6-12(13)18(19)22-16/h2-9H,10-11H2,1H3,(H2,19,20,22). The predicted molar refractivity (Wildman–Crippen MR) is 98.7 cm³/mol. The van der Waals surface area contributed by atoms with Crippen LogP contribution < -0.4 is 5.73 Å². The summed E-state index contributed by atoms with van der Waals surface area (Å²) in [6.45, 7) is 1.39. The van der Waals surface area contributed by atoms with E-state index in [0.29, 0.717) is 12.4 Å². The van der Waals surface area contributed by atoms with Crippen molar-refractivity contribution in [2.24, 2.45) is 0 Å². The average molecular weight is 335 g/mol. The molecule has 0 amide bonds. The molecular weight excluding hydrogens is 318 g/mol. The summed E-state index contributed by atoms with van der Waals surface area (Å²) >= 11 is 1.72. The SMILES string of the molecule is CN(Cc1nc(N)c2ccccc2n1)Cc1nc2ccccc2s1. The van der Waals surface area contributed by atoms with Crippen LogP contribution in [0, 0.1) is 0 Å². The van der Waals surface area contributed by atoms with Crippen molar-refractivity contribution in [1.29, 1.82) is 0 Å². The number of aromatic nitrogens is 3. The van der Waals surface area contributed by atoms with Crippen LogP contribution in [-0.2, 0) is 13.1 Å². The second-order valence-corrected chi connectivity index (χ2v) is 6.91. The Kier molecular flexibility index (Phi) is 3.84. The fourth-order valence-electron chi connectivity index (χ4n) is 2.74. The highest BCUT2D eigenvalue weighted by molar-refractivity contribution is 7.18. The average Bonchev–Trinajstić information content (AvgIpc) is 2.96. The van der Waals surface area contributed by atoms with Crippen LogP contribution in [0.4, 0.5) is 5.82 Å². The zero-order valence-corrected chi connectivity index (χ0v) is 14.1.